The van der Waals surface area contributed by atoms with E-state index in [2.05, 4.69) is 24.1 Å². The smallest absolute Gasteiger partial charge is 0.149 e. The van der Waals surface area contributed by atoms with Gasteiger partial charge in [0.1, 0.15) is 4.34 Å². The molecule has 0 radical (unpaired) electrons. The average Bonchev–Trinajstić information content (AvgIpc) is 2.74. The van der Waals surface area contributed by atoms with Gasteiger partial charge in [0.15, 0.2) is 0 Å². The van der Waals surface area contributed by atoms with Crippen molar-refractivity contribution < 1.29 is 0 Å². The van der Waals surface area contributed by atoms with Gasteiger partial charge in [0.05, 0.1) is 0 Å². The highest BCUT2D eigenvalue weighted by Gasteiger charge is 2.01. The highest BCUT2D eigenvalue weighted by Crippen LogP contribution is 2.21. The van der Waals surface area contributed by atoms with Crippen molar-refractivity contribution in [3.05, 3.63) is 11.6 Å². The molecule has 0 aromatic carbocycles. The van der Waals surface area contributed by atoms with Crippen LogP contribution in [0.4, 0.5) is 0 Å². The van der Waals surface area contributed by atoms with Gasteiger partial charge >= 0.3 is 0 Å². The quantitative estimate of drug-likeness (QED) is 0.560. The standard InChI is InChI=1S/C11H20N2S2/c1-3-6-12-10(2)5-4-8-14-11-13-7-9-15-11/h7,9-10,12H,3-6,8H2,1-2H3. The summed E-state index contributed by atoms with van der Waals surface area (Å²) in [5, 5.41) is 5.54. The third kappa shape index (κ3) is 6.17. The molecule has 0 amide bonds. The van der Waals surface area contributed by atoms with E-state index in [9.17, 15) is 0 Å². The Hall–Kier alpha value is -0.0600. The van der Waals surface area contributed by atoms with Gasteiger partial charge in [-0.15, -0.1) is 11.3 Å². The molecule has 0 aliphatic heterocycles. The SMILES string of the molecule is CCCNC(C)CCCSc1nccs1. The molecule has 1 rings (SSSR count). The molecular formula is C11H20N2S2. The van der Waals surface area contributed by atoms with Gasteiger partial charge in [0.25, 0.3) is 0 Å². The van der Waals surface area contributed by atoms with Crippen molar-refractivity contribution in [2.24, 2.45) is 0 Å². The van der Waals surface area contributed by atoms with E-state index in [-0.39, 0.29) is 0 Å². The topological polar surface area (TPSA) is 24.9 Å². The lowest BCUT2D eigenvalue weighted by Crippen LogP contribution is -2.26. The summed E-state index contributed by atoms with van der Waals surface area (Å²) >= 11 is 3.60. The molecule has 1 aromatic rings. The van der Waals surface area contributed by atoms with Crippen LogP contribution in [0.3, 0.4) is 0 Å². The van der Waals surface area contributed by atoms with E-state index < -0.39 is 0 Å². The van der Waals surface area contributed by atoms with Gasteiger partial charge in [-0.05, 0) is 32.7 Å². The second-order valence-corrected chi connectivity index (χ2v) is 5.88. The maximum atomic E-state index is 4.25. The van der Waals surface area contributed by atoms with Crippen LogP contribution < -0.4 is 5.32 Å². The fourth-order valence-electron chi connectivity index (χ4n) is 1.32. The minimum atomic E-state index is 0.654. The van der Waals surface area contributed by atoms with E-state index in [1.54, 1.807) is 11.3 Å². The monoisotopic (exact) mass is 244 g/mol. The van der Waals surface area contributed by atoms with Crippen LogP contribution in [0.1, 0.15) is 33.1 Å². The minimum absolute atomic E-state index is 0.654. The second-order valence-electron chi connectivity index (χ2n) is 3.64. The van der Waals surface area contributed by atoms with E-state index >= 15 is 0 Å². The molecule has 0 saturated carbocycles. The van der Waals surface area contributed by atoms with Gasteiger partial charge in [-0.1, -0.05) is 18.7 Å². The summed E-state index contributed by atoms with van der Waals surface area (Å²) in [6, 6.07) is 0.654. The van der Waals surface area contributed by atoms with Gasteiger partial charge in [0.2, 0.25) is 0 Å². The molecule has 0 fully saturated rings. The van der Waals surface area contributed by atoms with Crippen LogP contribution in [-0.2, 0) is 0 Å². The largest absolute Gasteiger partial charge is 0.314 e. The first-order valence-electron chi connectivity index (χ1n) is 5.58. The number of aromatic nitrogens is 1. The van der Waals surface area contributed by atoms with Crippen LogP contribution in [0.25, 0.3) is 0 Å². The van der Waals surface area contributed by atoms with Crippen molar-refractivity contribution in [1.82, 2.24) is 10.3 Å². The summed E-state index contributed by atoms with van der Waals surface area (Å²) in [5.41, 5.74) is 0. The molecular weight excluding hydrogens is 224 g/mol. The molecule has 0 aliphatic rings. The van der Waals surface area contributed by atoms with Crippen LogP contribution in [0.5, 0.6) is 0 Å². The maximum Gasteiger partial charge on any atom is 0.149 e. The summed E-state index contributed by atoms with van der Waals surface area (Å²) in [4.78, 5) is 4.25. The summed E-state index contributed by atoms with van der Waals surface area (Å²) < 4.78 is 1.20. The lowest BCUT2D eigenvalue weighted by Gasteiger charge is -2.12. The van der Waals surface area contributed by atoms with E-state index in [0.29, 0.717) is 6.04 Å². The number of thioether (sulfide) groups is 1. The molecule has 86 valence electrons. The molecule has 1 aromatic heterocycles. The first-order valence-corrected chi connectivity index (χ1v) is 7.45. The Kier molecular flexibility index (Phi) is 7.05. The predicted octanol–water partition coefficient (Wildman–Crippen LogP) is 3.40. The summed E-state index contributed by atoms with van der Waals surface area (Å²) in [6.07, 6.45) is 5.62. The van der Waals surface area contributed by atoms with Crippen molar-refractivity contribution in [3.8, 4) is 0 Å². The fourth-order valence-corrected chi connectivity index (χ4v) is 2.99. The Balaban J connectivity index is 1.97. The zero-order valence-corrected chi connectivity index (χ0v) is 11.2. The van der Waals surface area contributed by atoms with Gasteiger partial charge in [-0.2, -0.15) is 0 Å². The zero-order valence-electron chi connectivity index (χ0n) is 9.53. The zero-order chi connectivity index (χ0) is 10.9. The third-order valence-electron chi connectivity index (χ3n) is 2.16. The molecule has 0 aliphatic carbocycles. The number of hydrogen-bond acceptors (Lipinski definition) is 4. The Labute approximate surface area is 101 Å². The lowest BCUT2D eigenvalue weighted by molar-refractivity contribution is 0.510. The fraction of sp³-hybridized carbons (Fsp3) is 0.727. The molecule has 2 nitrogen and oxygen atoms in total. The second kappa shape index (κ2) is 8.13. The van der Waals surface area contributed by atoms with Crippen molar-refractivity contribution >= 4 is 23.1 Å². The summed E-state index contributed by atoms with van der Waals surface area (Å²) in [6.45, 7) is 5.61. The molecule has 0 saturated heterocycles. The molecule has 0 spiro atoms. The Morgan fingerprint density at radius 1 is 1.60 bits per heavy atom. The average molecular weight is 244 g/mol. The van der Waals surface area contributed by atoms with Crippen molar-refractivity contribution in [1.29, 1.82) is 0 Å². The number of hydrogen-bond donors (Lipinski definition) is 1. The molecule has 0 bridgehead atoms. The van der Waals surface area contributed by atoms with Gasteiger partial charge in [-0.25, -0.2) is 4.98 Å². The van der Waals surface area contributed by atoms with Gasteiger partial charge in [-0.3, -0.25) is 0 Å². The minimum Gasteiger partial charge on any atom is -0.314 e. The number of nitrogens with zero attached hydrogens (tertiary/aromatic N) is 1. The highest BCUT2D eigenvalue weighted by atomic mass is 32.2. The molecule has 1 unspecified atom stereocenters. The van der Waals surface area contributed by atoms with Gasteiger partial charge < -0.3 is 5.32 Å². The summed E-state index contributed by atoms with van der Waals surface area (Å²) in [7, 11) is 0. The Morgan fingerprint density at radius 3 is 3.13 bits per heavy atom. The van der Waals surface area contributed by atoms with E-state index in [0.717, 1.165) is 6.54 Å². The van der Waals surface area contributed by atoms with E-state index in [1.807, 2.05) is 23.3 Å². The van der Waals surface area contributed by atoms with Crippen LogP contribution in [0.2, 0.25) is 0 Å². The maximum absolute atomic E-state index is 4.25. The molecule has 15 heavy (non-hydrogen) atoms. The number of thiazole rings is 1. The van der Waals surface area contributed by atoms with Gasteiger partial charge in [0, 0.05) is 23.4 Å². The number of rotatable bonds is 8. The van der Waals surface area contributed by atoms with Crippen molar-refractivity contribution in [2.75, 3.05) is 12.3 Å². The Bertz CT molecular complexity index is 237. The summed E-state index contributed by atoms with van der Waals surface area (Å²) in [5.74, 6) is 1.19. The van der Waals surface area contributed by atoms with Crippen molar-refractivity contribution in [3.63, 3.8) is 0 Å². The molecule has 1 heterocycles. The molecule has 4 heteroatoms. The van der Waals surface area contributed by atoms with Crippen LogP contribution >= 0.6 is 23.1 Å². The molecule has 1 N–H and O–H groups in total. The third-order valence-corrected chi connectivity index (χ3v) is 4.21. The number of nitrogens with one attached hydrogen (secondary N) is 1. The molecule has 1 atom stereocenters. The first kappa shape index (κ1) is 13.0. The normalized spacial score (nSPS) is 12.9. The van der Waals surface area contributed by atoms with Crippen LogP contribution in [0.15, 0.2) is 15.9 Å². The highest BCUT2D eigenvalue weighted by molar-refractivity contribution is 8.00. The van der Waals surface area contributed by atoms with E-state index in [1.165, 1.54) is 29.4 Å². The Morgan fingerprint density at radius 2 is 2.47 bits per heavy atom. The predicted molar refractivity (Wildman–Crippen MR) is 69.8 cm³/mol. The van der Waals surface area contributed by atoms with Crippen LogP contribution in [0, 0.1) is 0 Å². The van der Waals surface area contributed by atoms with Crippen molar-refractivity contribution in [2.45, 2.75) is 43.5 Å². The van der Waals surface area contributed by atoms with Crippen LogP contribution in [-0.4, -0.2) is 23.3 Å². The first-order chi connectivity index (χ1) is 7.33. The lowest BCUT2D eigenvalue weighted by atomic mass is 10.2. The van der Waals surface area contributed by atoms with E-state index in [4.69, 9.17) is 0 Å².